The summed E-state index contributed by atoms with van der Waals surface area (Å²) in [6.07, 6.45) is 6.36. The number of carbonyl (C=O) groups excluding carboxylic acids is 4. The summed E-state index contributed by atoms with van der Waals surface area (Å²) in [6.45, 7) is 7.46. The van der Waals surface area contributed by atoms with Crippen molar-refractivity contribution in [1.82, 2.24) is 9.80 Å². The highest BCUT2D eigenvalue weighted by Gasteiger charge is 2.72. The van der Waals surface area contributed by atoms with Gasteiger partial charge in [-0.3, -0.25) is 19.2 Å². The number of aliphatic hydroxyl groups excluding tert-OH is 1. The molecule has 0 saturated carbocycles. The number of halogens is 1. The topological polar surface area (TPSA) is 117 Å². The number of fused-ring (bicyclic) bond motifs is 2. The number of rotatable bonds is 6. The van der Waals surface area contributed by atoms with Crippen LogP contribution in [0.1, 0.15) is 57.3 Å². The summed E-state index contributed by atoms with van der Waals surface area (Å²) in [6, 6.07) is 12.2. The summed E-state index contributed by atoms with van der Waals surface area (Å²) in [5, 5.41) is 11.1. The number of likely N-dealkylation sites (tertiary alicyclic amines) is 1. The van der Waals surface area contributed by atoms with Crippen LogP contribution in [-0.4, -0.2) is 88.6 Å². The molecule has 4 aliphatic heterocycles. The van der Waals surface area contributed by atoms with Crippen LogP contribution in [0.2, 0.25) is 5.02 Å². The van der Waals surface area contributed by atoms with E-state index in [0.29, 0.717) is 29.1 Å². The highest BCUT2D eigenvalue weighted by atomic mass is 35.5. The number of ether oxygens (including phenoxy) is 2. The summed E-state index contributed by atoms with van der Waals surface area (Å²) < 4.78 is 13.2. The van der Waals surface area contributed by atoms with E-state index in [1.165, 1.54) is 4.90 Å². The van der Waals surface area contributed by atoms with E-state index in [-0.39, 0.29) is 31.4 Å². The second-order valence-electron chi connectivity index (χ2n) is 14.3. The lowest BCUT2D eigenvalue weighted by molar-refractivity contribution is -0.164. The van der Waals surface area contributed by atoms with Gasteiger partial charge in [0.15, 0.2) is 0 Å². The summed E-state index contributed by atoms with van der Waals surface area (Å²) in [4.78, 5) is 62.4. The first-order chi connectivity index (χ1) is 23.9. The van der Waals surface area contributed by atoms with Gasteiger partial charge in [-0.25, -0.2) is 0 Å². The van der Waals surface area contributed by atoms with Crippen LogP contribution in [0.4, 0.5) is 5.69 Å². The van der Waals surface area contributed by atoms with E-state index in [1.807, 2.05) is 70.2 Å². The van der Waals surface area contributed by atoms with Gasteiger partial charge in [0.25, 0.3) is 5.91 Å². The van der Waals surface area contributed by atoms with Crippen molar-refractivity contribution < 1.29 is 33.8 Å². The Morgan fingerprint density at radius 2 is 1.76 bits per heavy atom. The molecule has 6 rings (SSSR count). The zero-order chi connectivity index (χ0) is 35.9. The molecule has 0 radical (unpaired) electrons. The fraction of sp³-hybridized carbons (Fsp3) is 0.487. The SMILES string of the molecule is Cc1cccc(Cl)c1N1CC=C[C@]23O[C@@H]4/C=C\CCC(=O)N(C)[C@H](C)[C@@H](c5ccccc5)OC(=O)[C@@H]4[C@H]2C(=O)N([C@@H](CO)CC(C)C)[C@@H]3C1=O. The Labute approximate surface area is 298 Å². The van der Waals surface area contributed by atoms with Crippen molar-refractivity contribution in [3.05, 3.63) is 89.0 Å². The Balaban J connectivity index is 1.50. The Morgan fingerprint density at radius 3 is 2.44 bits per heavy atom. The average molecular weight is 704 g/mol. The van der Waals surface area contributed by atoms with Crippen molar-refractivity contribution in [2.24, 2.45) is 17.8 Å². The van der Waals surface area contributed by atoms with Crippen molar-refractivity contribution in [1.29, 1.82) is 0 Å². The van der Waals surface area contributed by atoms with E-state index in [0.717, 1.165) is 5.56 Å². The Morgan fingerprint density at radius 1 is 1.02 bits per heavy atom. The molecule has 1 spiro atoms. The van der Waals surface area contributed by atoms with Crippen molar-refractivity contribution in [2.75, 3.05) is 25.1 Å². The molecule has 11 heteroatoms. The second-order valence-corrected chi connectivity index (χ2v) is 14.7. The molecule has 0 bridgehead atoms. The van der Waals surface area contributed by atoms with Crippen molar-refractivity contribution in [3.8, 4) is 0 Å². The van der Waals surface area contributed by atoms with Gasteiger partial charge in [0.2, 0.25) is 11.8 Å². The maximum Gasteiger partial charge on any atom is 0.313 e. The van der Waals surface area contributed by atoms with Crippen LogP contribution in [0.25, 0.3) is 0 Å². The highest BCUT2D eigenvalue weighted by Crippen LogP contribution is 2.54. The molecule has 0 aliphatic carbocycles. The summed E-state index contributed by atoms with van der Waals surface area (Å²) in [5.41, 5.74) is 0.458. The largest absolute Gasteiger partial charge is 0.455 e. The van der Waals surface area contributed by atoms with Crippen LogP contribution < -0.4 is 4.90 Å². The number of nitrogens with zero attached hydrogens (tertiary/aromatic N) is 3. The monoisotopic (exact) mass is 703 g/mol. The predicted octanol–water partition coefficient (Wildman–Crippen LogP) is 5.02. The van der Waals surface area contributed by atoms with Gasteiger partial charge in [-0.15, -0.1) is 0 Å². The minimum Gasteiger partial charge on any atom is -0.455 e. The second kappa shape index (κ2) is 14.3. The standard InChI is InChI=1S/C39H46ClN3O7/c1-23(2)21-27(22-44)43-35-37(47)42(33-24(3)13-11-16-28(33)40)20-12-19-39(35)32(36(43)46)31-29(50-39)17-9-10-18-30(45)41(5)25(4)34(49-38(31)48)26-14-7-6-8-15-26/h6-9,11-17,19,23,25,27,29,31-32,34-35,44H,10,18,20-22H2,1-5H3/b17-9-/t25-,27-,29-,31+,32+,34+,35-,39+/m1/s1. The zero-order valence-electron chi connectivity index (χ0n) is 29.2. The molecule has 3 amide bonds. The third-order valence-corrected chi connectivity index (χ3v) is 11.0. The minimum absolute atomic E-state index is 0.0883. The smallest absolute Gasteiger partial charge is 0.313 e. The minimum atomic E-state index is -1.55. The number of anilines is 1. The summed E-state index contributed by atoms with van der Waals surface area (Å²) in [5.74, 6) is -3.78. The molecule has 10 nitrogen and oxygen atoms in total. The van der Waals surface area contributed by atoms with Gasteiger partial charge < -0.3 is 29.3 Å². The van der Waals surface area contributed by atoms with Crippen LogP contribution >= 0.6 is 11.6 Å². The molecule has 2 aromatic rings. The number of para-hydroxylation sites is 1. The van der Waals surface area contributed by atoms with Crippen LogP contribution in [0.15, 0.2) is 72.8 Å². The summed E-state index contributed by atoms with van der Waals surface area (Å²) >= 11 is 6.70. The van der Waals surface area contributed by atoms with E-state index >= 15 is 4.79 Å². The Bertz CT molecular complexity index is 1680. The summed E-state index contributed by atoms with van der Waals surface area (Å²) in [7, 11) is 1.70. The number of hydrogen-bond donors (Lipinski definition) is 1. The van der Waals surface area contributed by atoms with Crippen LogP contribution in [0, 0.1) is 24.7 Å². The molecule has 2 aromatic carbocycles. The molecule has 50 heavy (non-hydrogen) atoms. The number of amides is 3. The molecule has 0 unspecified atom stereocenters. The number of carbonyl (C=O) groups is 4. The van der Waals surface area contributed by atoms with E-state index < -0.39 is 65.6 Å². The van der Waals surface area contributed by atoms with Gasteiger partial charge in [-0.1, -0.05) is 92.2 Å². The molecule has 8 atom stereocenters. The fourth-order valence-corrected chi connectivity index (χ4v) is 8.53. The molecule has 2 saturated heterocycles. The van der Waals surface area contributed by atoms with Gasteiger partial charge in [0.1, 0.15) is 23.7 Å². The maximum absolute atomic E-state index is 15.0. The van der Waals surface area contributed by atoms with Crippen molar-refractivity contribution >= 4 is 41.0 Å². The lowest BCUT2D eigenvalue weighted by Gasteiger charge is -2.39. The maximum atomic E-state index is 15.0. The van der Waals surface area contributed by atoms with Gasteiger partial charge in [-0.2, -0.15) is 0 Å². The first-order valence-corrected chi connectivity index (χ1v) is 17.8. The lowest BCUT2D eigenvalue weighted by Crippen LogP contribution is -2.58. The van der Waals surface area contributed by atoms with Crippen LogP contribution in [0.5, 0.6) is 0 Å². The third-order valence-electron chi connectivity index (χ3n) is 10.7. The van der Waals surface area contributed by atoms with Gasteiger partial charge in [0, 0.05) is 20.0 Å². The Kier molecular flexibility index (Phi) is 10.3. The van der Waals surface area contributed by atoms with Gasteiger partial charge in [-0.05, 0) is 49.8 Å². The van der Waals surface area contributed by atoms with E-state index in [1.54, 1.807) is 47.2 Å². The lowest BCUT2D eigenvalue weighted by atomic mass is 9.77. The van der Waals surface area contributed by atoms with Crippen molar-refractivity contribution in [3.63, 3.8) is 0 Å². The van der Waals surface area contributed by atoms with Crippen molar-refractivity contribution in [2.45, 2.75) is 82.9 Å². The zero-order valence-corrected chi connectivity index (χ0v) is 30.0. The van der Waals surface area contributed by atoms with Gasteiger partial charge in [0.05, 0.1) is 41.4 Å². The predicted molar refractivity (Wildman–Crippen MR) is 189 cm³/mol. The van der Waals surface area contributed by atoms with E-state index in [9.17, 15) is 19.5 Å². The third kappa shape index (κ3) is 6.15. The number of cyclic esters (lactones) is 1. The first kappa shape index (κ1) is 35.8. The van der Waals surface area contributed by atoms with Crippen LogP contribution in [0.3, 0.4) is 0 Å². The number of esters is 1. The number of aryl methyl sites for hydroxylation is 1. The van der Waals surface area contributed by atoms with Crippen LogP contribution in [-0.2, 0) is 28.7 Å². The molecule has 0 aromatic heterocycles. The molecular formula is C39H46ClN3O7. The number of likely N-dealkylation sites (N-methyl/N-ethyl adjacent to an activating group) is 1. The van der Waals surface area contributed by atoms with E-state index in [4.69, 9.17) is 21.1 Å². The number of hydrogen-bond acceptors (Lipinski definition) is 7. The molecule has 1 N–H and O–H groups in total. The molecule has 2 fully saturated rings. The van der Waals surface area contributed by atoms with Gasteiger partial charge >= 0.3 is 5.97 Å². The molecule has 4 heterocycles. The molecular weight excluding hydrogens is 658 g/mol. The molecule has 266 valence electrons. The quantitative estimate of drug-likeness (QED) is 0.332. The first-order valence-electron chi connectivity index (χ1n) is 17.4. The number of benzene rings is 2. The number of aliphatic hydroxyl groups is 1. The van der Waals surface area contributed by atoms with E-state index in [2.05, 4.69) is 0 Å². The fourth-order valence-electron chi connectivity index (χ4n) is 8.21. The normalized spacial score (nSPS) is 31.4. The Hall–Kier alpha value is -3.99. The average Bonchev–Trinajstić information content (AvgIpc) is 3.48. The number of allylic oxidation sites excluding steroid dienone is 1. The highest BCUT2D eigenvalue weighted by molar-refractivity contribution is 6.34. The molecule has 4 aliphatic rings.